The smallest absolute Gasteiger partial charge is 0.258 e. The van der Waals surface area contributed by atoms with E-state index in [2.05, 4.69) is 36.5 Å². The standard InChI is InChI=1S/C21H23N3O/c1-14-5-7-16(8-6-14)20(17-9-10-17)22-13-18-12-19(25)24-11-3-4-15(2)21(24)23-18/h3-8,11-12,17,20,22H,9-10,13H2,1-2H3. The second kappa shape index (κ2) is 6.45. The fraction of sp³-hybridized carbons (Fsp3) is 0.333. The summed E-state index contributed by atoms with van der Waals surface area (Å²) in [6.45, 7) is 4.70. The Morgan fingerprint density at radius 2 is 1.96 bits per heavy atom. The Bertz CT molecular complexity index is 955. The van der Waals surface area contributed by atoms with Crippen molar-refractivity contribution < 1.29 is 0 Å². The fourth-order valence-corrected chi connectivity index (χ4v) is 3.37. The van der Waals surface area contributed by atoms with Crippen LogP contribution in [0.15, 0.2) is 53.5 Å². The number of nitrogens with zero attached hydrogens (tertiary/aromatic N) is 2. The van der Waals surface area contributed by atoms with Crippen molar-refractivity contribution >= 4 is 5.65 Å². The van der Waals surface area contributed by atoms with Gasteiger partial charge in [0.05, 0.1) is 5.69 Å². The molecule has 1 aliphatic rings. The molecular formula is C21H23N3O. The highest BCUT2D eigenvalue weighted by molar-refractivity contribution is 5.46. The molecule has 1 saturated carbocycles. The van der Waals surface area contributed by atoms with Crippen molar-refractivity contribution in [1.82, 2.24) is 14.7 Å². The predicted octanol–water partition coefficient (Wildman–Crippen LogP) is 3.55. The second-order valence-corrected chi connectivity index (χ2v) is 7.08. The molecule has 2 aromatic heterocycles. The molecule has 0 saturated heterocycles. The zero-order valence-corrected chi connectivity index (χ0v) is 14.7. The molecular weight excluding hydrogens is 310 g/mol. The Kier molecular flexibility index (Phi) is 4.14. The lowest BCUT2D eigenvalue weighted by atomic mass is 10.0. The lowest BCUT2D eigenvalue weighted by molar-refractivity contribution is 0.476. The minimum absolute atomic E-state index is 0.0243. The van der Waals surface area contributed by atoms with Crippen LogP contribution in [-0.4, -0.2) is 9.38 Å². The number of hydrogen-bond acceptors (Lipinski definition) is 3. The van der Waals surface area contributed by atoms with E-state index in [1.807, 2.05) is 19.1 Å². The Labute approximate surface area is 147 Å². The summed E-state index contributed by atoms with van der Waals surface area (Å²) in [6.07, 6.45) is 4.30. The van der Waals surface area contributed by atoms with Gasteiger partial charge in [0.15, 0.2) is 0 Å². The first kappa shape index (κ1) is 16.0. The van der Waals surface area contributed by atoms with Crippen molar-refractivity contribution in [1.29, 1.82) is 0 Å². The van der Waals surface area contributed by atoms with Crippen molar-refractivity contribution in [3.05, 3.63) is 81.4 Å². The number of rotatable bonds is 5. The highest BCUT2D eigenvalue weighted by atomic mass is 16.1. The Morgan fingerprint density at radius 1 is 1.20 bits per heavy atom. The molecule has 0 aliphatic heterocycles. The third kappa shape index (κ3) is 3.35. The topological polar surface area (TPSA) is 46.4 Å². The van der Waals surface area contributed by atoms with Gasteiger partial charge in [0.25, 0.3) is 5.56 Å². The molecule has 1 atom stereocenters. The SMILES string of the molecule is Cc1ccc(C(NCc2cc(=O)n3cccc(C)c3n2)C2CC2)cc1. The van der Waals surface area contributed by atoms with Gasteiger partial charge in [-0.3, -0.25) is 9.20 Å². The maximum atomic E-state index is 12.3. The molecule has 0 radical (unpaired) electrons. The van der Waals surface area contributed by atoms with Crippen LogP contribution in [0, 0.1) is 19.8 Å². The van der Waals surface area contributed by atoms with Crippen LogP contribution in [0.3, 0.4) is 0 Å². The van der Waals surface area contributed by atoms with Gasteiger partial charge in [0, 0.05) is 24.8 Å². The first-order chi connectivity index (χ1) is 12.1. The zero-order chi connectivity index (χ0) is 17.4. The summed E-state index contributed by atoms with van der Waals surface area (Å²) in [5.74, 6) is 0.686. The number of hydrogen-bond donors (Lipinski definition) is 1. The first-order valence-electron chi connectivity index (χ1n) is 8.90. The average molecular weight is 333 g/mol. The average Bonchev–Trinajstić information content (AvgIpc) is 3.43. The van der Waals surface area contributed by atoms with Crippen molar-refractivity contribution in [2.24, 2.45) is 5.92 Å². The fourth-order valence-electron chi connectivity index (χ4n) is 3.37. The number of fused-ring (bicyclic) bond motifs is 1. The van der Waals surface area contributed by atoms with Crippen molar-refractivity contribution in [2.45, 2.75) is 39.3 Å². The van der Waals surface area contributed by atoms with Gasteiger partial charge in [-0.05, 0) is 49.8 Å². The molecule has 1 unspecified atom stereocenters. The summed E-state index contributed by atoms with van der Waals surface area (Å²) in [4.78, 5) is 17.0. The van der Waals surface area contributed by atoms with Gasteiger partial charge in [0.2, 0.25) is 0 Å². The molecule has 4 nitrogen and oxygen atoms in total. The highest BCUT2D eigenvalue weighted by Gasteiger charge is 2.31. The summed E-state index contributed by atoms with van der Waals surface area (Å²) >= 11 is 0. The number of nitrogens with one attached hydrogen (secondary N) is 1. The van der Waals surface area contributed by atoms with E-state index in [0.717, 1.165) is 16.9 Å². The summed E-state index contributed by atoms with van der Waals surface area (Å²) in [6, 6.07) is 14.6. The summed E-state index contributed by atoms with van der Waals surface area (Å²) in [5, 5.41) is 3.63. The first-order valence-corrected chi connectivity index (χ1v) is 8.90. The van der Waals surface area contributed by atoms with Crippen molar-refractivity contribution in [3.8, 4) is 0 Å². The lowest BCUT2D eigenvalue weighted by Crippen LogP contribution is -2.25. The maximum Gasteiger partial charge on any atom is 0.258 e. The van der Waals surface area contributed by atoms with Gasteiger partial charge in [-0.1, -0.05) is 35.9 Å². The van der Waals surface area contributed by atoms with Crippen LogP contribution in [-0.2, 0) is 6.54 Å². The van der Waals surface area contributed by atoms with Crippen LogP contribution in [0.2, 0.25) is 0 Å². The molecule has 25 heavy (non-hydrogen) atoms. The number of aryl methyl sites for hydroxylation is 2. The predicted molar refractivity (Wildman–Crippen MR) is 99.7 cm³/mol. The quantitative estimate of drug-likeness (QED) is 0.777. The minimum atomic E-state index is -0.0243. The third-order valence-electron chi connectivity index (χ3n) is 4.97. The van der Waals surface area contributed by atoms with Gasteiger partial charge in [-0.25, -0.2) is 4.98 Å². The minimum Gasteiger partial charge on any atom is -0.304 e. The van der Waals surface area contributed by atoms with Gasteiger partial charge in [0.1, 0.15) is 5.65 Å². The molecule has 0 bridgehead atoms. The van der Waals surface area contributed by atoms with E-state index in [-0.39, 0.29) is 5.56 Å². The van der Waals surface area contributed by atoms with Crippen LogP contribution < -0.4 is 10.9 Å². The Hall–Kier alpha value is -2.46. The molecule has 4 rings (SSSR count). The molecule has 2 heterocycles. The Morgan fingerprint density at radius 3 is 2.68 bits per heavy atom. The zero-order valence-electron chi connectivity index (χ0n) is 14.7. The van der Waals surface area contributed by atoms with E-state index in [1.165, 1.54) is 24.0 Å². The van der Waals surface area contributed by atoms with E-state index in [1.54, 1.807) is 16.7 Å². The molecule has 3 aromatic rings. The van der Waals surface area contributed by atoms with E-state index in [0.29, 0.717) is 18.5 Å². The summed E-state index contributed by atoms with van der Waals surface area (Å²) < 4.78 is 1.61. The van der Waals surface area contributed by atoms with Crippen LogP contribution in [0.25, 0.3) is 5.65 Å². The van der Waals surface area contributed by atoms with Crippen molar-refractivity contribution in [3.63, 3.8) is 0 Å². The lowest BCUT2D eigenvalue weighted by Gasteiger charge is -2.19. The molecule has 0 amide bonds. The molecule has 4 heteroatoms. The monoisotopic (exact) mass is 333 g/mol. The molecule has 1 N–H and O–H groups in total. The normalized spacial score (nSPS) is 15.4. The van der Waals surface area contributed by atoms with E-state index in [4.69, 9.17) is 4.98 Å². The second-order valence-electron chi connectivity index (χ2n) is 7.08. The van der Waals surface area contributed by atoms with E-state index in [9.17, 15) is 4.79 Å². The molecule has 1 aliphatic carbocycles. The van der Waals surface area contributed by atoms with Crippen LogP contribution in [0.5, 0.6) is 0 Å². The largest absolute Gasteiger partial charge is 0.304 e. The molecule has 0 spiro atoms. The van der Waals surface area contributed by atoms with Crippen molar-refractivity contribution in [2.75, 3.05) is 0 Å². The van der Waals surface area contributed by atoms with Crippen LogP contribution >= 0.6 is 0 Å². The van der Waals surface area contributed by atoms with Crippen LogP contribution in [0.1, 0.15) is 41.3 Å². The van der Waals surface area contributed by atoms with Crippen LogP contribution in [0.4, 0.5) is 0 Å². The third-order valence-corrected chi connectivity index (χ3v) is 4.97. The maximum absolute atomic E-state index is 12.3. The van der Waals surface area contributed by atoms with E-state index < -0.39 is 0 Å². The van der Waals surface area contributed by atoms with Gasteiger partial charge in [-0.2, -0.15) is 0 Å². The Balaban J connectivity index is 1.59. The van der Waals surface area contributed by atoms with Gasteiger partial charge < -0.3 is 5.32 Å². The van der Waals surface area contributed by atoms with Gasteiger partial charge in [-0.15, -0.1) is 0 Å². The summed E-state index contributed by atoms with van der Waals surface area (Å²) in [5.41, 5.74) is 5.13. The number of benzene rings is 1. The molecule has 1 aromatic carbocycles. The molecule has 1 fully saturated rings. The summed E-state index contributed by atoms with van der Waals surface area (Å²) in [7, 11) is 0. The number of aromatic nitrogens is 2. The van der Waals surface area contributed by atoms with Gasteiger partial charge >= 0.3 is 0 Å². The molecule has 128 valence electrons. The number of pyridine rings is 1. The highest BCUT2D eigenvalue weighted by Crippen LogP contribution is 2.41. The van der Waals surface area contributed by atoms with E-state index >= 15 is 0 Å².